The van der Waals surface area contributed by atoms with Crippen LogP contribution >= 0.6 is 39.1 Å². The molecule has 1 aliphatic heterocycles. The second-order valence-corrected chi connectivity index (χ2v) is 7.73. The van der Waals surface area contributed by atoms with Crippen molar-refractivity contribution in [3.8, 4) is 0 Å². The molecule has 0 radical (unpaired) electrons. The molecule has 2 heterocycles. The first-order valence-corrected chi connectivity index (χ1v) is 8.99. The van der Waals surface area contributed by atoms with Gasteiger partial charge < -0.3 is 15.2 Å². The Labute approximate surface area is 157 Å². The highest BCUT2D eigenvalue weighted by molar-refractivity contribution is 9.10. The van der Waals surface area contributed by atoms with Gasteiger partial charge in [-0.3, -0.25) is 9.59 Å². The van der Waals surface area contributed by atoms with E-state index in [0.717, 1.165) is 21.1 Å². The van der Waals surface area contributed by atoms with Gasteiger partial charge in [-0.25, -0.2) is 0 Å². The van der Waals surface area contributed by atoms with Gasteiger partial charge in [0.2, 0.25) is 11.8 Å². The number of rotatable bonds is 2. The van der Waals surface area contributed by atoms with Gasteiger partial charge in [0, 0.05) is 48.5 Å². The van der Waals surface area contributed by atoms with Crippen molar-refractivity contribution < 1.29 is 9.59 Å². The molecule has 8 heteroatoms. The molecule has 2 aromatic rings. The number of carbonyl (C=O) groups excluding carboxylic acids is 2. The largest absolute Gasteiger partial charge is 0.357 e. The predicted octanol–water partition coefficient (Wildman–Crippen LogP) is 3.47. The monoisotopic (exact) mass is 431 g/mol. The van der Waals surface area contributed by atoms with Crippen LogP contribution in [0.5, 0.6) is 0 Å². The first kappa shape index (κ1) is 17.6. The number of aromatic amines is 1. The molecule has 24 heavy (non-hydrogen) atoms. The van der Waals surface area contributed by atoms with Crippen LogP contribution in [0.25, 0.3) is 10.9 Å². The maximum Gasteiger partial charge on any atom is 0.224 e. The fraction of sp³-hybridized carbons (Fsp3) is 0.375. The molecule has 0 bridgehead atoms. The fourth-order valence-corrected chi connectivity index (χ4v) is 4.21. The molecular weight excluding hydrogens is 417 g/mol. The van der Waals surface area contributed by atoms with Crippen LogP contribution in [-0.4, -0.2) is 42.3 Å². The lowest BCUT2D eigenvalue weighted by Gasteiger charge is -2.17. The van der Waals surface area contributed by atoms with E-state index in [4.69, 9.17) is 23.2 Å². The molecule has 0 aliphatic carbocycles. The maximum absolute atomic E-state index is 12.2. The topological polar surface area (TPSA) is 65.2 Å². The van der Waals surface area contributed by atoms with Crippen LogP contribution in [-0.2, 0) is 16.0 Å². The first-order chi connectivity index (χ1) is 11.3. The average Bonchev–Trinajstić information content (AvgIpc) is 2.81. The number of fused-ring (bicyclic) bond motifs is 3. The van der Waals surface area contributed by atoms with Crippen LogP contribution in [0.2, 0.25) is 10.0 Å². The van der Waals surface area contributed by atoms with E-state index in [-0.39, 0.29) is 24.2 Å². The maximum atomic E-state index is 12.2. The minimum atomic E-state index is -0.143. The summed E-state index contributed by atoms with van der Waals surface area (Å²) in [6, 6.07) is 1.73. The molecule has 128 valence electrons. The minimum absolute atomic E-state index is 0.00366. The highest BCUT2D eigenvalue weighted by atomic mass is 79.9. The van der Waals surface area contributed by atoms with Crippen LogP contribution in [0.1, 0.15) is 23.6 Å². The fourth-order valence-electron chi connectivity index (χ4n) is 3.01. The van der Waals surface area contributed by atoms with Gasteiger partial charge in [-0.05, 0) is 11.6 Å². The smallest absolute Gasteiger partial charge is 0.224 e. The summed E-state index contributed by atoms with van der Waals surface area (Å²) in [6.07, 6.45) is 0.536. The Kier molecular flexibility index (Phi) is 4.82. The first-order valence-electron chi connectivity index (χ1n) is 7.44. The van der Waals surface area contributed by atoms with Gasteiger partial charge in [-0.2, -0.15) is 0 Å². The normalized spacial score (nSPS) is 17.4. The van der Waals surface area contributed by atoms with Gasteiger partial charge in [0.25, 0.3) is 0 Å². The SMILES string of the molecule is CN(C)C(=O)CC1CNC(=O)Cc2c1[nH]c1c(Cl)c(Cl)cc(Br)c21. The van der Waals surface area contributed by atoms with E-state index < -0.39 is 0 Å². The lowest BCUT2D eigenvalue weighted by Crippen LogP contribution is -2.30. The third kappa shape index (κ3) is 3.03. The number of hydrogen-bond acceptors (Lipinski definition) is 2. The molecule has 2 N–H and O–H groups in total. The molecule has 1 atom stereocenters. The van der Waals surface area contributed by atoms with Gasteiger partial charge in [0.15, 0.2) is 0 Å². The Morgan fingerprint density at radius 1 is 1.42 bits per heavy atom. The van der Waals surface area contributed by atoms with Gasteiger partial charge in [-0.1, -0.05) is 39.1 Å². The molecule has 3 rings (SSSR count). The van der Waals surface area contributed by atoms with Crippen LogP contribution in [0, 0.1) is 0 Å². The molecule has 0 saturated carbocycles. The summed E-state index contributed by atoms with van der Waals surface area (Å²) in [7, 11) is 3.44. The molecule has 0 spiro atoms. The third-order valence-corrected chi connectivity index (χ3v) is 5.68. The Balaban J connectivity index is 2.19. The van der Waals surface area contributed by atoms with E-state index >= 15 is 0 Å². The number of halogens is 3. The highest BCUT2D eigenvalue weighted by Crippen LogP contribution is 2.41. The van der Waals surface area contributed by atoms with Crippen molar-refractivity contribution in [3.05, 3.63) is 31.8 Å². The van der Waals surface area contributed by atoms with E-state index in [1.54, 1.807) is 25.1 Å². The average molecular weight is 433 g/mol. The Morgan fingerprint density at radius 2 is 2.12 bits per heavy atom. The Bertz CT molecular complexity index is 848. The van der Waals surface area contributed by atoms with Crippen molar-refractivity contribution in [2.75, 3.05) is 20.6 Å². The van der Waals surface area contributed by atoms with Crippen LogP contribution in [0.4, 0.5) is 0 Å². The van der Waals surface area contributed by atoms with Gasteiger partial charge >= 0.3 is 0 Å². The van der Waals surface area contributed by atoms with Crippen LogP contribution < -0.4 is 5.32 Å². The standard InChI is InChI=1S/C16H16BrCl2N3O2/c1-22(2)12(24)3-7-6-20-11(23)4-8-13-9(17)5-10(18)14(19)16(13)21-15(7)8/h5,7,21H,3-4,6H2,1-2H3,(H,20,23). The molecular formula is C16H16BrCl2N3O2. The van der Waals surface area contributed by atoms with Crippen molar-refractivity contribution in [1.29, 1.82) is 0 Å². The zero-order valence-electron chi connectivity index (χ0n) is 13.2. The second kappa shape index (κ2) is 6.58. The summed E-state index contributed by atoms with van der Waals surface area (Å²) in [5, 5.41) is 4.57. The van der Waals surface area contributed by atoms with Gasteiger partial charge in [-0.15, -0.1) is 0 Å². The molecule has 0 saturated heterocycles. The second-order valence-electron chi connectivity index (χ2n) is 6.09. The molecule has 1 unspecified atom stereocenters. The van der Waals surface area contributed by atoms with E-state index in [9.17, 15) is 9.59 Å². The number of amides is 2. The summed E-state index contributed by atoms with van der Waals surface area (Å²) in [4.78, 5) is 29.1. The summed E-state index contributed by atoms with van der Waals surface area (Å²) in [5.74, 6) is -0.214. The lowest BCUT2D eigenvalue weighted by atomic mass is 9.96. The summed E-state index contributed by atoms with van der Waals surface area (Å²) < 4.78 is 0.775. The Morgan fingerprint density at radius 3 is 2.79 bits per heavy atom. The molecule has 1 aromatic carbocycles. The van der Waals surface area contributed by atoms with Crippen LogP contribution in [0.15, 0.2) is 10.5 Å². The number of nitrogens with zero attached hydrogens (tertiary/aromatic N) is 1. The van der Waals surface area contributed by atoms with Gasteiger partial charge in [0.05, 0.1) is 22.0 Å². The summed E-state index contributed by atoms with van der Waals surface area (Å²) in [6.45, 7) is 0.404. The van der Waals surface area contributed by atoms with E-state index in [2.05, 4.69) is 26.2 Å². The third-order valence-electron chi connectivity index (χ3n) is 4.27. The molecule has 1 aliphatic rings. The summed E-state index contributed by atoms with van der Waals surface area (Å²) in [5.41, 5.74) is 2.42. The molecule has 5 nitrogen and oxygen atoms in total. The molecule has 0 fully saturated rings. The minimum Gasteiger partial charge on any atom is -0.357 e. The van der Waals surface area contributed by atoms with Crippen molar-refractivity contribution >= 4 is 61.8 Å². The zero-order chi connectivity index (χ0) is 17.6. The summed E-state index contributed by atoms with van der Waals surface area (Å²) >= 11 is 16.0. The number of nitrogens with one attached hydrogen (secondary N) is 2. The van der Waals surface area contributed by atoms with Crippen molar-refractivity contribution in [2.45, 2.75) is 18.8 Å². The van der Waals surface area contributed by atoms with E-state index in [1.165, 1.54) is 0 Å². The van der Waals surface area contributed by atoms with Crippen molar-refractivity contribution in [1.82, 2.24) is 15.2 Å². The number of H-pyrrole nitrogens is 1. The Hall–Kier alpha value is -1.24. The van der Waals surface area contributed by atoms with Crippen molar-refractivity contribution in [3.63, 3.8) is 0 Å². The number of hydrogen-bond donors (Lipinski definition) is 2. The lowest BCUT2D eigenvalue weighted by molar-refractivity contribution is -0.129. The number of aromatic nitrogens is 1. The quantitative estimate of drug-likeness (QED) is 0.713. The number of benzene rings is 1. The highest BCUT2D eigenvalue weighted by Gasteiger charge is 2.29. The van der Waals surface area contributed by atoms with Crippen LogP contribution in [0.3, 0.4) is 0 Å². The number of carbonyl (C=O) groups is 2. The molecule has 2 amide bonds. The van der Waals surface area contributed by atoms with Gasteiger partial charge in [0.1, 0.15) is 0 Å². The van der Waals surface area contributed by atoms with E-state index in [1.807, 2.05) is 0 Å². The van der Waals surface area contributed by atoms with Crippen molar-refractivity contribution in [2.24, 2.45) is 0 Å². The molecule has 1 aromatic heterocycles. The predicted molar refractivity (Wildman–Crippen MR) is 98.8 cm³/mol. The zero-order valence-corrected chi connectivity index (χ0v) is 16.3. The van der Waals surface area contributed by atoms with E-state index in [0.29, 0.717) is 28.5 Å².